The lowest BCUT2D eigenvalue weighted by atomic mass is 9.93. The molecule has 3 atom stereocenters. The van der Waals surface area contributed by atoms with Crippen LogP contribution in [0.1, 0.15) is 36.3 Å². The highest BCUT2D eigenvalue weighted by Crippen LogP contribution is 2.58. The van der Waals surface area contributed by atoms with Gasteiger partial charge in [0.25, 0.3) is 0 Å². The third-order valence-electron chi connectivity index (χ3n) is 8.00. The molecule has 1 saturated heterocycles. The minimum absolute atomic E-state index is 0.247. The molecule has 0 radical (unpaired) electrons. The third kappa shape index (κ3) is 4.66. The number of benzene rings is 2. The van der Waals surface area contributed by atoms with Crippen molar-refractivity contribution < 1.29 is 13.9 Å². The van der Waals surface area contributed by atoms with Gasteiger partial charge in [-0.25, -0.2) is 4.39 Å². The van der Waals surface area contributed by atoms with E-state index in [1.165, 1.54) is 29.7 Å². The number of hydrogen-bond donors (Lipinski definition) is 2. The Balaban J connectivity index is 1.34. The smallest absolute Gasteiger partial charge is 0.318 e. The monoisotopic (exact) mass is 501 g/mol. The number of nitrogens with one attached hydrogen (secondary N) is 2. The van der Waals surface area contributed by atoms with Gasteiger partial charge < -0.3 is 20.3 Å². The van der Waals surface area contributed by atoms with Crippen LogP contribution in [0.3, 0.4) is 0 Å². The Morgan fingerprint density at radius 2 is 2.16 bits per heavy atom. The molecule has 7 nitrogen and oxygen atoms in total. The number of fused-ring (bicyclic) bond motifs is 4. The second-order valence-corrected chi connectivity index (χ2v) is 10.4. The quantitative estimate of drug-likeness (QED) is 0.337. The first kappa shape index (κ1) is 23.9. The van der Waals surface area contributed by atoms with Crippen LogP contribution in [0.5, 0.6) is 6.01 Å². The second kappa shape index (κ2) is 9.74. The second-order valence-electron chi connectivity index (χ2n) is 10.4. The van der Waals surface area contributed by atoms with Crippen LogP contribution in [0.2, 0.25) is 0 Å². The van der Waals surface area contributed by atoms with Gasteiger partial charge in [0.05, 0.1) is 5.52 Å². The fourth-order valence-electron chi connectivity index (χ4n) is 5.91. The summed E-state index contributed by atoms with van der Waals surface area (Å²) in [5, 5.41) is 6.54. The van der Waals surface area contributed by atoms with Crippen LogP contribution < -0.4 is 15.4 Å². The topological polar surface area (TPSA) is 79.4 Å². The number of anilines is 1. The van der Waals surface area contributed by atoms with Gasteiger partial charge in [0.1, 0.15) is 18.2 Å². The van der Waals surface area contributed by atoms with Crippen molar-refractivity contribution in [1.29, 1.82) is 0 Å². The van der Waals surface area contributed by atoms with Crippen molar-refractivity contribution in [2.75, 3.05) is 38.6 Å². The molecule has 2 heterocycles. The van der Waals surface area contributed by atoms with Crippen molar-refractivity contribution in [3.8, 4) is 17.1 Å². The fraction of sp³-hybridized carbons (Fsp3) is 0.414. The first-order valence-electron chi connectivity index (χ1n) is 13.1. The highest BCUT2D eigenvalue weighted by atomic mass is 19.1. The summed E-state index contributed by atoms with van der Waals surface area (Å²) in [7, 11) is 2.10. The van der Waals surface area contributed by atoms with Crippen molar-refractivity contribution in [1.82, 2.24) is 20.2 Å². The van der Waals surface area contributed by atoms with E-state index < -0.39 is 0 Å². The molecule has 2 fully saturated rings. The van der Waals surface area contributed by atoms with E-state index in [1.54, 1.807) is 0 Å². The molecule has 1 saturated carbocycles. The van der Waals surface area contributed by atoms with Gasteiger partial charge in [-0.2, -0.15) is 9.97 Å². The Kier molecular flexibility index (Phi) is 6.28. The average molecular weight is 502 g/mol. The first-order valence-corrected chi connectivity index (χ1v) is 13.1. The Morgan fingerprint density at radius 1 is 1.27 bits per heavy atom. The molecule has 0 unspecified atom stereocenters. The maximum absolute atomic E-state index is 15.6. The Bertz CT molecular complexity index is 1380. The average Bonchev–Trinajstić information content (AvgIpc) is 3.37. The van der Waals surface area contributed by atoms with Crippen molar-refractivity contribution >= 4 is 22.6 Å². The first-order chi connectivity index (χ1) is 18.0. The summed E-state index contributed by atoms with van der Waals surface area (Å²) < 4.78 is 21.7. The summed E-state index contributed by atoms with van der Waals surface area (Å²) in [6.45, 7) is 5.81. The van der Waals surface area contributed by atoms with Crippen LogP contribution in [0.15, 0.2) is 43.0 Å². The lowest BCUT2D eigenvalue weighted by Crippen LogP contribution is -2.31. The highest BCUT2D eigenvalue weighted by Gasteiger charge is 2.46. The molecule has 192 valence electrons. The number of likely N-dealkylation sites (N-methyl/N-ethyl adjacent to an activating group) is 1. The van der Waals surface area contributed by atoms with Crippen molar-refractivity contribution in [3.63, 3.8) is 0 Å². The van der Waals surface area contributed by atoms with Crippen LogP contribution in [0.4, 0.5) is 10.2 Å². The zero-order chi connectivity index (χ0) is 25.5. The zero-order valence-corrected chi connectivity index (χ0v) is 21.1. The highest BCUT2D eigenvalue weighted by molar-refractivity contribution is 5.93. The zero-order valence-electron chi connectivity index (χ0n) is 21.1. The van der Waals surface area contributed by atoms with Gasteiger partial charge in [0, 0.05) is 30.1 Å². The normalized spacial score (nSPS) is 21.9. The van der Waals surface area contributed by atoms with Crippen molar-refractivity contribution in [3.05, 3.63) is 59.9 Å². The summed E-state index contributed by atoms with van der Waals surface area (Å²) in [6, 6.07) is 10.2. The van der Waals surface area contributed by atoms with E-state index in [1.807, 2.05) is 18.2 Å². The molecule has 1 amide bonds. The van der Waals surface area contributed by atoms with Gasteiger partial charge in [-0.3, -0.25) is 4.79 Å². The van der Waals surface area contributed by atoms with Crippen LogP contribution in [-0.2, 0) is 11.2 Å². The lowest BCUT2D eigenvalue weighted by Gasteiger charge is -2.19. The molecule has 3 aliphatic rings. The lowest BCUT2D eigenvalue weighted by molar-refractivity contribution is -0.116. The summed E-state index contributed by atoms with van der Waals surface area (Å²) in [5.41, 5.74) is 4.81. The number of hydrogen-bond acceptors (Lipinski definition) is 6. The fourth-order valence-corrected chi connectivity index (χ4v) is 5.91. The summed E-state index contributed by atoms with van der Waals surface area (Å²) in [5.74, 6) is 1.21. The minimum atomic E-state index is -0.294. The van der Waals surface area contributed by atoms with Crippen LogP contribution >= 0.6 is 0 Å². The van der Waals surface area contributed by atoms with Gasteiger partial charge in [-0.1, -0.05) is 24.8 Å². The van der Waals surface area contributed by atoms with Crippen molar-refractivity contribution in [2.24, 2.45) is 5.92 Å². The van der Waals surface area contributed by atoms with Gasteiger partial charge in [0.2, 0.25) is 5.91 Å². The number of aromatic nitrogens is 2. The van der Waals surface area contributed by atoms with E-state index in [0.29, 0.717) is 59.9 Å². The maximum Gasteiger partial charge on any atom is 0.318 e. The van der Waals surface area contributed by atoms with Crippen molar-refractivity contribution in [2.45, 2.75) is 37.6 Å². The molecule has 2 aromatic carbocycles. The molecule has 1 aromatic heterocycles. The Hall–Kier alpha value is -3.52. The predicted octanol–water partition coefficient (Wildman–Crippen LogP) is 4.28. The summed E-state index contributed by atoms with van der Waals surface area (Å²) >= 11 is 0. The van der Waals surface area contributed by atoms with E-state index in [-0.39, 0.29) is 17.7 Å². The van der Waals surface area contributed by atoms with E-state index >= 15 is 4.39 Å². The molecular formula is C29H32FN5O2. The molecule has 37 heavy (non-hydrogen) atoms. The SMILES string of the molecule is C=CC(=O)NCCNc1nc(OC[C@@H]2CCCN2C)nc2cc(-c3cccc4c3[C@@H]3C[C@@H]3C4)c(F)cc12. The number of nitrogens with zero attached hydrogens (tertiary/aromatic N) is 3. The van der Waals surface area contributed by atoms with Crippen LogP contribution in [0.25, 0.3) is 22.0 Å². The molecule has 1 aliphatic heterocycles. The molecule has 6 rings (SSSR count). The molecule has 2 aliphatic carbocycles. The Labute approximate surface area is 216 Å². The largest absolute Gasteiger partial charge is 0.462 e. The Morgan fingerprint density at radius 3 is 2.97 bits per heavy atom. The number of carbonyl (C=O) groups excluding carboxylic acids is 1. The molecule has 2 N–H and O–H groups in total. The van der Waals surface area contributed by atoms with Crippen LogP contribution in [-0.4, -0.2) is 60.1 Å². The van der Waals surface area contributed by atoms with Gasteiger partial charge in [0.15, 0.2) is 0 Å². The van der Waals surface area contributed by atoms with E-state index in [0.717, 1.165) is 31.4 Å². The molecule has 0 bridgehead atoms. The van der Waals surface area contributed by atoms with Crippen LogP contribution in [0, 0.1) is 11.7 Å². The summed E-state index contributed by atoms with van der Waals surface area (Å²) in [4.78, 5) is 23.1. The minimum Gasteiger partial charge on any atom is -0.462 e. The van der Waals surface area contributed by atoms with Gasteiger partial charge in [-0.05, 0) is 86.0 Å². The molecule has 0 spiro atoms. The van der Waals surface area contributed by atoms with E-state index in [2.05, 4.69) is 40.2 Å². The van der Waals surface area contributed by atoms with Gasteiger partial charge >= 0.3 is 6.01 Å². The predicted molar refractivity (Wildman–Crippen MR) is 142 cm³/mol. The number of ether oxygens (including phenoxy) is 1. The standard InChI is InChI=1S/C29H32FN5O2/c1-3-26(36)31-9-10-32-28-23-14-24(30)22(20-8-4-6-17-12-18-13-21(18)27(17)20)15-25(23)33-29(34-28)37-16-19-7-5-11-35(19)2/h3-4,6,8,14-15,18-19,21H,1,5,7,9-13,16H2,2H3,(H,31,36)(H,32,33,34)/t18-,19-,21+/m0/s1. The number of rotatable bonds is 9. The number of halogens is 1. The molecule has 8 heteroatoms. The summed E-state index contributed by atoms with van der Waals surface area (Å²) in [6.07, 6.45) is 5.75. The maximum atomic E-state index is 15.6. The number of amides is 1. The van der Waals surface area contributed by atoms with Gasteiger partial charge in [-0.15, -0.1) is 0 Å². The van der Waals surface area contributed by atoms with E-state index in [9.17, 15) is 4.79 Å². The third-order valence-corrected chi connectivity index (χ3v) is 8.00. The van der Waals surface area contributed by atoms with E-state index in [4.69, 9.17) is 9.72 Å². The number of carbonyl (C=O) groups is 1. The number of likely N-dealkylation sites (tertiary alicyclic amines) is 1. The molecule has 3 aromatic rings. The molecular weight excluding hydrogens is 469 g/mol.